The Bertz CT molecular complexity index is 159. The van der Waals surface area contributed by atoms with Crippen LogP contribution in [0.4, 0.5) is 0 Å². The molecule has 0 unspecified atom stereocenters. The molecule has 0 heterocycles. The van der Waals surface area contributed by atoms with E-state index in [0.717, 1.165) is 0 Å². The zero-order valence-corrected chi connectivity index (χ0v) is 10.1. The molecule has 0 saturated carbocycles. The average Bonchev–Trinajstić information content (AvgIpc) is 1.14. The van der Waals surface area contributed by atoms with Crippen LogP contribution in [0, 0.1) is 0 Å². The molecular formula is CH2Mg2O6P2. The predicted molar refractivity (Wildman–Crippen MR) is 31.6 cm³/mol. The van der Waals surface area contributed by atoms with E-state index < -0.39 is 21.1 Å². The molecule has 0 aliphatic rings. The molecule has 0 fully saturated rings. The fourth-order valence-corrected chi connectivity index (χ4v) is 1.91. The molecule has 0 spiro atoms. The van der Waals surface area contributed by atoms with E-state index in [1.807, 2.05) is 0 Å². The molecule has 0 saturated heterocycles. The molecule has 0 aliphatic carbocycles. The maximum Gasteiger partial charge on any atom is 2.00 e. The van der Waals surface area contributed by atoms with Crippen LogP contribution in [0.15, 0.2) is 0 Å². The minimum Gasteiger partial charge on any atom is -0.810 e. The van der Waals surface area contributed by atoms with Crippen molar-refractivity contribution < 1.29 is 28.7 Å². The molecule has 11 heavy (non-hydrogen) atoms. The summed E-state index contributed by atoms with van der Waals surface area (Å²) in [5.74, 6) is -1.82. The van der Waals surface area contributed by atoms with Crippen molar-refractivity contribution >= 4 is 61.3 Å². The van der Waals surface area contributed by atoms with Crippen LogP contribution < -0.4 is 19.6 Å². The summed E-state index contributed by atoms with van der Waals surface area (Å²) in [5, 5.41) is 0. The zero-order valence-electron chi connectivity index (χ0n) is 5.47. The summed E-state index contributed by atoms with van der Waals surface area (Å²) >= 11 is 0. The maximum atomic E-state index is 9.55. The van der Waals surface area contributed by atoms with Crippen molar-refractivity contribution in [3.8, 4) is 0 Å². The van der Waals surface area contributed by atoms with Gasteiger partial charge in [0.1, 0.15) is 0 Å². The van der Waals surface area contributed by atoms with E-state index in [9.17, 15) is 28.7 Å². The van der Waals surface area contributed by atoms with Crippen LogP contribution in [0.2, 0.25) is 0 Å². The fourth-order valence-electron chi connectivity index (χ4n) is 0.212. The quantitative estimate of drug-likeness (QED) is 0.345. The van der Waals surface area contributed by atoms with Gasteiger partial charge in [0, 0.05) is 5.90 Å². The van der Waals surface area contributed by atoms with Crippen molar-refractivity contribution in [3.05, 3.63) is 0 Å². The van der Waals surface area contributed by atoms with Gasteiger partial charge in [-0.3, -0.25) is 0 Å². The Morgan fingerprint density at radius 2 is 1.00 bits per heavy atom. The summed E-state index contributed by atoms with van der Waals surface area (Å²) in [6, 6.07) is 0. The monoisotopic (exact) mass is 220 g/mol. The summed E-state index contributed by atoms with van der Waals surface area (Å²) < 4.78 is 19.1. The van der Waals surface area contributed by atoms with E-state index in [1.165, 1.54) is 0 Å². The van der Waals surface area contributed by atoms with Crippen LogP contribution >= 0.6 is 15.2 Å². The molecule has 0 aromatic carbocycles. The van der Waals surface area contributed by atoms with Crippen LogP contribution in [-0.4, -0.2) is 52.0 Å². The van der Waals surface area contributed by atoms with Gasteiger partial charge in [-0.15, -0.1) is 0 Å². The molecule has 0 radical (unpaired) electrons. The molecule has 10 heteroatoms. The second-order valence-corrected chi connectivity index (χ2v) is 4.94. The Morgan fingerprint density at radius 3 is 1.00 bits per heavy atom. The number of rotatable bonds is 2. The third kappa shape index (κ3) is 18.6. The van der Waals surface area contributed by atoms with E-state index in [4.69, 9.17) is 0 Å². The minimum absolute atomic E-state index is 0. The molecule has 0 aromatic rings. The van der Waals surface area contributed by atoms with Gasteiger partial charge in [-0.1, -0.05) is 15.2 Å². The second kappa shape index (κ2) is 6.31. The average molecular weight is 221 g/mol. The van der Waals surface area contributed by atoms with Crippen molar-refractivity contribution in [3.63, 3.8) is 0 Å². The Balaban J connectivity index is -0.000000320. The normalized spacial score (nSPS) is 11.3. The van der Waals surface area contributed by atoms with Crippen LogP contribution in [0.3, 0.4) is 0 Å². The molecule has 0 rings (SSSR count). The summed E-state index contributed by atoms with van der Waals surface area (Å²) in [5.41, 5.74) is 0. The van der Waals surface area contributed by atoms with E-state index >= 15 is 0 Å². The maximum absolute atomic E-state index is 9.55. The van der Waals surface area contributed by atoms with Gasteiger partial charge < -0.3 is 28.7 Å². The molecule has 0 bridgehead atoms. The summed E-state index contributed by atoms with van der Waals surface area (Å²) in [4.78, 5) is 38.2. The van der Waals surface area contributed by atoms with Crippen LogP contribution in [0.5, 0.6) is 0 Å². The molecule has 56 valence electrons. The van der Waals surface area contributed by atoms with Crippen LogP contribution in [-0.2, 0) is 9.13 Å². The van der Waals surface area contributed by atoms with Gasteiger partial charge in [0.15, 0.2) is 0 Å². The standard InChI is InChI=1S/CH6O6P2.2Mg/c2-8(3,4)1-9(5,6)7;;/h1H2,(H2,2,3,4)(H2,5,6,7);;/q;2*+2/p-4. The molecule has 6 nitrogen and oxygen atoms in total. The molecular weight excluding hydrogens is 219 g/mol. The Morgan fingerprint density at radius 1 is 0.818 bits per heavy atom. The van der Waals surface area contributed by atoms with Gasteiger partial charge in [0.2, 0.25) is 0 Å². The van der Waals surface area contributed by atoms with E-state index in [1.54, 1.807) is 0 Å². The molecule has 0 aliphatic heterocycles. The first-order valence-corrected chi connectivity index (χ1v) is 5.18. The third-order valence-electron chi connectivity index (χ3n) is 0.346. The van der Waals surface area contributed by atoms with E-state index in [2.05, 4.69) is 0 Å². The fraction of sp³-hybridized carbons (Fsp3) is 1.00. The third-order valence-corrected chi connectivity index (χ3v) is 3.12. The summed E-state index contributed by atoms with van der Waals surface area (Å²) in [6.45, 7) is 0. The molecule has 0 aromatic heterocycles. The van der Waals surface area contributed by atoms with Crippen LogP contribution in [0.25, 0.3) is 0 Å². The van der Waals surface area contributed by atoms with Gasteiger partial charge in [0.05, 0.1) is 0 Å². The van der Waals surface area contributed by atoms with Crippen LogP contribution in [0.1, 0.15) is 0 Å². The van der Waals surface area contributed by atoms with Crippen molar-refractivity contribution in [2.24, 2.45) is 0 Å². The van der Waals surface area contributed by atoms with Crippen molar-refractivity contribution in [1.29, 1.82) is 0 Å². The first kappa shape index (κ1) is 18.6. The topological polar surface area (TPSA) is 126 Å². The number of hydrogen-bond donors (Lipinski definition) is 0. The summed E-state index contributed by atoms with van der Waals surface area (Å²) in [6.07, 6.45) is 0. The summed E-state index contributed by atoms with van der Waals surface area (Å²) in [7, 11) is -10.4. The van der Waals surface area contributed by atoms with E-state index in [0.29, 0.717) is 0 Å². The molecule has 0 N–H and O–H groups in total. The minimum atomic E-state index is -5.18. The van der Waals surface area contributed by atoms with Gasteiger partial charge in [-0.2, -0.15) is 0 Å². The smallest absolute Gasteiger partial charge is 0.810 e. The van der Waals surface area contributed by atoms with Gasteiger partial charge >= 0.3 is 46.1 Å². The first-order chi connectivity index (χ1) is 3.71. The SMILES string of the molecule is O=P([O-])([O-])CP(=O)([O-])[O-].[Mg+2].[Mg+2]. The molecule has 0 atom stereocenters. The Labute approximate surface area is 95.4 Å². The van der Waals surface area contributed by atoms with Gasteiger partial charge in [0.25, 0.3) is 0 Å². The predicted octanol–water partition coefficient (Wildman–Crippen LogP) is -3.99. The van der Waals surface area contributed by atoms with E-state index in [-0.39, 0.29) is 46.1 Å². The largest absolute Gasteiger partial charge is 2.00 e. The number of hydrogen-bond acceptors (Lipinski definition) is 6. The first-order valence-electron chi connectivity index (χ1n) is 1.73. The second-order valence-electron chi connectivity index (χ2n) is 1.36. The van der Waals surface area contributed by atoms with Gasteiger partial charge in [-0.05, 0) is 0 Å². The zero-order chi connectivity index (χ0) is 7.71. The Kier molecular flexibility index (Phi) is 10.7. The molecule has 0 amide bonds. The van der Waals surface area contributed by atoms with Crippen molar-refractivity contribution in [1.82, 2.24) is 0 Å². The Hall–Kier alpha value is 1.83. The van der Waals surface area contributed by atoms with Crippen molar-refractivity contribution in [2.75, 3.05) is 5.90 Å². The van der Waals surface area contributed by atoms with Crippen molar-refractivity contribution in [2.45, 2.75) is 0 Å². The van der Waals surface area contributed by atoms with Gasteiger partial charge in [-0.25, -0.2) is 0 Å².